The second-order valence-corrected chi connectivity index (χ2v) is 5.53. The Labute approximate surface area is 119 Å². The Balaban J connectivity index is 2.25. The molecule has 1 atom stereocenters. The Morgan fingerprint density at radius 1 is 1.30 bits per heavy atom. The molecule has 0 aliphatic carbocycles. The standard InChI is InChI=1S/C14H23NO5/c1-4-14(2,3)13(18)20-9-8-19-12(17)10-6-5-7-15-11(10)16/h10H,4-9H2,1-3H3,(H,15,16). The minimum absolute atomic E-state index is 0.0162. The fourth-order valence-corrected chi connectivity index (χ4v) is 1.71. The van der Waals surface area contributed by atoms with Gasteiger partial charge in [-0.1, -0.05) is 6.92 Å². The summed E-state index contributed by atoms with van der Waals surface area (Å²) < 4.78 is 10.0. The number of rotatable bonds is 6. The average Bonchev–Trinajstić information content (AvgIpc) is 2.43. The van der Waals surface area contributed by atoms with Crippen LogP contribution in [0.3, 0.4) is 0 Å². The molecule has 6 heteroatoms. The lowest BCUT2D eigenvalue weighted by atomic mass is 9.91. The first-order valence-electron chi connectivity index (χ1n) is 7.00. The maximum atomic E-state index is 11.7. The smallest absolute Gasteiger partial charge is 0.318 e. The van der Waals surface area contributed by atoms with E-state index in [1.165, 1.54) is 0 Å². The number of carbonyl (C=O) groups excluding carboxylic acids is 3. The van der Waals surface area contributed by atoms with Crippen molar-refractivity contribution in [2.24, 2.45) is 11.3 Å². The fraction of sp³-hybridized carbons (Fsp3) is 0.786. The topological polar surface area (TPSA) is 81.7 Å². The molecule has 0 saturated carbocycles. The third-order valence-electron chi connectivity index (χ3n) is 3.57. The molecule has 1 N–H and O–H groups in total. The van der Waals surface area contributed by atoms with Gasteiger partial charge in [0.05, 0.1) is 5.41 Å². The summed E-state index contributed by atoms with van der Waals surface area (Å²) in [7, 11) is 0. The molecule has 1 saturated heterocycles. The Bertz CT molecular complexity index is 378. The molecule has 1 unspecified atom stereocenters. The van der Waals surface area contributed by atoms with Gasteiger partial charge in [0.2, 0.25) is 5.91 Å². The summed E-state index contributed by atoms with van der Waals surface area (Å²) in [5, 5.41) is 2.62. The van der Waals surface area contributed by atoms with E-state index < -0.39 is 17.3 Å². The van der Waals surface area contributed by atoms with Crippen LogP contribution in [0.15, 0.2) is 0 Å². The summed E-state index contributed by atoms with van der Waals surface area (Å²) in [4.78, 5) is 34.8. The number of amides is 1. The number of carbonyl (C=O) groups is 3. The zero-order valence-corrected chi connectivity index (χ0v) is 12.4. The molecule has 1 fully saturated rings. The van der Waals surface area contributed by atoms with Gasteiger partial charge in [0.1, 0.15) is 19.1 Å². The Kier molecular flexibility index (Phi) is 5.98. The summed E-state index contributed by atoms with van der Waals surface area (Å²) in [6, 6.07) is 0. The number of nitrogens with one attached hydrogen (secondary N) is 1. The molecule has 0 radical (unpaired) electrons. The highest BCUT2D eigenvalue weighted by Crippen LogP contribution is 2.21. The van der Waals surface area contributed by atoms with Crippen molar-refractivity contribution in [1.29, 1.82) is 0 Å². The van der Waals surface area contributed by atoms with Gasteiger partial charge in [-0.15, -0.1) is 0 Å². The highest BCUT2D eigenvalue weighted by Gasteiger charge is 2.30. The van der Waals surface area contributed by atoms with Crippen LogP contribution in [0.5, 0.6) is 0 Å². The van der Waals surface area contributed by atoms with Crippen LogP contribution in [0.1, 0.15) is 40.0 Å². The number of esters is 2. The van der Waals surface area contributed by atoms with Gasteiger partial charge < -0.3 is 14.8 Å². The van der Waals surface area contributed by atoms with Gasteiger partial charge in [0.15, 0.2) is 0 Å². The van der Waals surface area contributed by atoms with Gasteiger partial charge >= 0.3 is 11.9 Å². The van der Waals surface area contributed by atoms with Crippen molar-refractivity contribution < 1.29 is 23.9 Å². The van der Waals surface area contributed by atoms with E-state index in [-0.39, 0.29) is 25.1 Å². The summed E-state index contributed by atoms with van der Waals surface area (Å²) >= 11 is 0. The van der Waals surface area contributed by atoms with E-state index in [4.69, 9.17) is 9.47 Å². The zero-order valence-electron chi connectivity index (χ0n) is 12.4. The first-order valence-corrected chi connectivity index (χ1v) is 7.00. The monoisotopic (exact) mass is 285 g/mol. The minimum atomic E-state index is -0.730. The lowest BCUT2D eigenvalue weighted by Crippen LogP contribution is -2.41. The Morgan fingerprint density at radius 2 is 1.95 bits per heavy atom. The molecule has 20 heavy (non-hydrogen) atoms. The van der Waals surface area contributed by atoms with Crippen molar-refractivity contribution in [2.45, 2.75) is 40.0 Å². The molecule has 0 bridgehead atoms. The van der Waals surface area contributed by atoms with Gasteiger partial charge in [-0.05, 0) is 33.1 Å². The van der Waals surface area contributed by atoms with Gasteiger partial charge in [0, 0.05) is 6.54 Å². The molecule has 1 aliphatic heterocycles. The summed E-state index contributed by atoms with van der Waals surface area (Å²) in [5.74, 6) is -1.88. The summed E-state index contributed by atoms with van der Waals surface area (Å²) in [6.07, 6.45) is 1.95. The van der Waals surface area contributed by atoms with E-state index >= 15 is 0 Å². The molecule has 0 aromatic rings. The SMILES string of the molecule is CCC(C)(C)C(=O)OCCOC(=O)C1CCCNC1=O. The highest BCUT2D eigenvalue weighted by atomic mass is 16.6. The van der Waals surface area contributed by atoms with Crippen LogP contribution in [-0.4, -0.2) is 37.6 Å². The first kappa shape index (κ1) is 16.5. The average molecular weight is 285 g/mol. The maximum absolute atomic E-state index is 11.7. The highest BCUT2D eigenvalue weighted by molar-refractivity contribution is 5.98. The second-order valence-electron chi connectivity index (χ2n) is 5.53. The van der Waals surface area contributed by atoms with Crippen molar-refractivity contribution >= 4 is 17.8 Å². The molecule has 114 valence electrons. The summed E-state index contributed by atoms with van der Waals surface area (Å²) in [5.41, 5.74) is -0.534. The molecule has 1 heterocycles. The fourth-order valence-electron chi connectivity index (χ4n) is 1.71. The third-order valence-corrected chi connectivity index (χ3v) is 3.57. The molecule has 6 nitrogen and oxygen atoms in total. The predicted octanol–water partition coefficient (Wildman–Crippen LogP) is 1.04. The number of hydrogen-bond acceptors (Lipinski definition) is 5. The van der Waals surface area contributed by atoms with Crippen molar-refractivity contribution in [3.63, 3.8) is 0 Å². The quantitative estimate of drug-likeness (QED) is 0.448. The molecular weight excluding hydrogens is 262 g/mol. The van der Waals surface area contributed by atoms with Crippen molar-refractivity contribution in [1.82, 2.24) is 5.32 Å². The predicted molar refractivity (Wildman–Crippen MR) is 71.7 cm³/mol. The molecular formula is C14H23NO5. The van der Waals surface area contributed by atoms with Gasteiger partial charge in [-0.2, -0.15) is 0 Å². The van der Waals surface area contributed by atoms with E-state index in [1.807, 2.05) is 6.92 Å². The van der Waals surface area contributed by atoms with Crippen LogP contribution >= 0.6 is 0 Å². The second kappa shape index (κ2) is 7.26. The van der Waals surface area contributed by atoms with Crippen LogP contribution in [0, 0.1) is 11.3 Å². The first-order chi connectivity index (χ1) is 9.38. The van der Waals surface area contributed by atoms with Gasteiger partial charge in [-0.25, -0.2) is 0 Å². The minimum Gasteiger partial charge on any atom is -0.462 e. The molecule has 1 rings (SSSR count). The zero-order chi connectivity index (χ0) is 15.2. The Hall–Kier alpha value is -1.59. The van der Waals surface area contributed by atoms with E-state index in [1.54, 1.807) is 13.8 Å². The molecule has 0 spiro atoms. The van der Waals surface area contributed by atoms with Crippen LogP contribution in [0.25, 0.3) is 0 Å². The van der Waals surface area contributed by atoms with Gasteiger partial charge in [0.25, 0.3) is 0 Å². The molecule has 1 amide bonds. The molecule has 1 aliphatic rings. The Morgan fingerprint density at radius 3 is 2.55 bits per heavy atom. The van der Waals surface area contributed by atoms with E-state index in [0.29, 0.717) is 19.4 Å². The molecule has 0 aromatic carbocycles. The normalized spacial score (nSPS) is 19.1. The van der Waals surface area contributed by atoms with Crippen LogP contribution in [0.4, 0.5) is 0 Å². The molecule has 0 aromatic heterocycles. The number of piperidine rings is 1. The number of ether oxygens (including phenoxy) is 2. The van der Waals surface area contributed by atoms with Crippen LogP contribution in [0.2, 0.25) is 0 Å². The van der Waals surface area contributed by atoms with Crippen LogP contribution < -0.4 is 5.32 Å². The van der Waals surface area contributed by atoms with E-state index in [0.717, 1.165) is 6.42 Å². The lowest BCUT2D eigenvalue weighted by Gasteiger charge is -2.21. The third kappa shape index (κ3) is 4.51. The van der Waals surface area contributed by atoms with Crippen molar-refractivity contribution in [2.75, 3.05) is 19.8 Å². The van der Waals surface area contributed by atoms with Crippen molar-refractivity contribution in [3.05, 3.63) is 0 Å². The van der Waals surface area contributed by atoms with E-state index in [9.17, 15) is 14.4 Å². The summed E-state index contributed by atoms with van der Waals surface area (Å²) in [6.45, 7) is 6.10. The largest absolute Gasteiger partial charge is 0.462 e. The van der Waals surface area contributed by atoms with Gasteiger partial charge in [-0.3, -0.25) is 14.4 Å². The lowest BCUT2D eigenvalue weighted by molar-refractivity contribution is -0.162. The number of hydrogen-bond donors (Lipinski definition) is 1. The van der Waals surface area contributed by atoms with Crippen LogP contribution in [-0.2, 0) is 23.9 Å². The van der Waals surface area contributed by atoms with E-state index in [2.05, 4.69) is 5.32 Å². The maximum Gasteiger partial charge on any atom is 0.318 e. The van der Waals surface area contributed by atoms with Crippen molar-refractivity contribution in [3.8, 4) is 0 Å².